The molecule has 1 fully saturated rings. The number of likely N-dealkylation sites (N-methyl/N-ethyl adjacent to an activating group) is 1. The Bertz CT molecular complexity index is 519. The van der Waals surface area contributed by atoms with Crippen molar-refractivity contribution in [2.24, 2.45) is 0 Å². The van der Waals surface area contributed by atoms with Gasteiger partial charge in [0.15, 0.2) is 0 Å². The Hall–Kier alpha value is -1.74. The molecule has 0 aromatic heterocycles. The maximum absolute atomic E-state index is 13.0. The second-order valence-electron chi connectivity index (χ2n) is 4.89. The van der Waals surface area contributed by atoms with Crippen LogP contribution in [0.15, 0.2) is 18.2 Å². The Morgan fingerprint density at radius 2 is 2.20 bits per heavy atom. The van der Waals surface area contributed by atoms with Crippen molar-refractivity contribution in [3.8, 4) is 6.07 Å². The molecule has 108 valence electrons. The maximum Gasteiger partial charge on any atom is 0.417 e. The molecule has 1 unspecified atom stereocenters. The summed E-state index contributed by atoms with van der Waals surface area (Å²) >= 11 is 0. The third kappa shape index (κ3) is 2.88. The number of nitrogens with one attached hydrogen (secondary N) is 1. The monoisotopic (exact) mass is 283 g/mol. The summed E-state index contributed by atoms with van der Waals surface area (Å²) in [5, 5.41) is 11.9. The van der Waals surface area contributed by atoms with Crippen LogP contribution in [0.3, 0.4) is 0 Å². The van der Waals surface area contributed by atoms with Crippen molar-refractivity contribution in [2.45, 2.75) is 25.1 Å². The van der Waals surface area contributed by atoms with E-state index in [-0.39, 0.29) is 11.6 Å². The van der Waals surface area contributed by atoms with Crippen LogP contribution < -0.4 is 10.2 Å². The van der Waals surface area contributed by atoms with Crippen LogP contribution in [-0.4, -0.2) is 26.2 Å². The van der Waals surface area contributed by atoms with E-state index in [2.05, 4.69) is 5.32 Å². The number of nitriles is 1. The molecule has 1 aromatic rings. The fraction of sp³-hybridized carbons (Fsp3) is 0.500. The lowest BCUT2D eigenvalue weighted by Gasteiger charge is -2.27. The third-order valence-electron chi connectivity index (χ3n) is 3.58. The molecular formula is C14H16F3N3. The van der Waals surface area contributed by atoms with Gasteiger partial charge in [-0.15, -0.1) is 0 Å². The molecule has 20 heavy (non-hydrogen) atoms. The quantitative estimate of drug-likeness (QED) is 0.927. The van der Waals surface area contributed by atoms with Gasteiger partial charge in [0.2, 0.25) is 0 Å². The van der Waals surface area contributed by atoms with Gasteiger partial charge in [0.05, 0.1) is 17.2 Å². The zero-order valence-corrected chi connectivity index (χ0v) is 11.2. The van der Waals surface area contributed by atoms with Gasteiger partial charge in [-0.25, -0.2) is 0 Å². The number of hydrogen-bond acceptors (Lipinski definition) is 3. The van der Waals surface area contributed by atoms with Gasteiger partial charge in [0.25, 0.3) is 0 Å². The minimum atomic E-state index is -4.50. The molecule has 1 saturated heterocycles. The minimum Gasteiger partial charge on any atom is -0.367 e. The van der Waals surface area contributed by atoms with Crippen molar-refractivity contribution < 1.29 is 13.2 Å². The number of rotatable bonds is 3. The van der Waals surface area contributed by atoms with Gasteiger partial charge in [-0.2, -0.15) is 18.4 Å². The molecule has 1 aliphatic heterocycles. The van der Waals surface area contributed by atoms with Gasteiger partial charge in [0, 0.05) is 24.8 Å². The van der Waals surface area contributed by atoms with Gasteiger partial charge >= 0.3 is 6.18 Å². The van der Waals surface area contributed by atoms with E-state index < -0.39 is 11.7 Å². The highest BCUT2D eigenvalue weighted by atomic mass is 19.4. The smallest absolute Gasteiger partial charge is 0.367 e. The predicted octanol–water partition coefficient (Wildman–Crippen LogP) is 2.77. The van der Waals surface area contributed by atoms with Crippen molar-refractivity contribution in [3.05, 3.63) is 29.3 Å². The standard InChI is InChI=1S/C14H16F3N3/c1-19-9-12-3-2-6-20(12)11-5-4-10(8-18)13(7-11)14(15,16)17/h4-5,7,12,19H,2-3,6,9H2,1H3. The van der Waals surface area contributed by atoms with Gasteiger partial charge in [-0.3, -0.25) is 0 Å². The minimum absolute atomic E-state index is 0.203. The van der Waals surface area contributed by atoms with Crippen LogP contribution >= 0.6 is 0 Å². The molecule has 1 atom stereocenters. The SMILES string of the molecule is CNCC1CCCN1c1ccc(C#N)c(C(F)(F)F)c1. The summed E-state index contributed by atoms with van der Waals surface area (Å²) in [5.41, 5.74) is -0.646. The summed E-state index contributed by atoms with van der Waals surface area (Å²) in [7, 11) is 1.83. The zero-order chi connectivity index (χ0) is 14.8. The molecule has 1 heterocycles. The Labute approximate surface area is 116 Å². The highest BCUT2D eigenvalue weighted by molar-refractivity contribution is 5.56. The fourth-order valence-corrected chi connectivity index (χ4v) is 2.67. The molecular weight excluding hydrogens is 267 g/mol. The van der Waals surface area contributed by atoms with Crippen LogP contribution in [0.2, 0.25) is 0 Å². The summed E-state index contributed by atoms with van der Waals surface area (Å²) in [6.45, 7) is 1.48. The van der Waals surface area contributed by atoms with Crippen LogP contribution in [0.5, 0.6) is 0 Å². The highest BCUT2D eigenvalue weighted by Gasteiger charge is 2.35. The van der Waals surface area contributed by atoms with Crippen LogP contribution in [0.25, 0.3) is 0 Å². The zero-order valence-electron chi connectivity index (χ0n) is 11.2. The topological polar surface area (TPSA) is 39.1 Å². The lowest BCUT2D eigenvalue weighted by molar-refractivity contribution is -0.137. The molecule has 0 amide bonds. The molecule has 1 aromatic carbocycles. The Morgan fingerprint density at radius 3 is 2.80 bits per heavy atom. The second-order valence-corrected chi connectivity index (χ2v) is 4.89. The molecule has 1 aliphatic rings. The summed E-state index contributed by atoms with van der Waals surface area (Å²) in [6, 6.07) is 5.75. The molecule has 0 spiro atoms. The average Bonchev–Trinajstić information content (AvgIpc) is 2.85. The van der Waals surface area contributed by atoms with E-state index in [1.165, 1.54) is 6.07 Å². The first kappa shape index (κ1) is 14.7. The van der Waals surface area contributed by atoms with Crippen molar-refractivity contribution in [1.82, 2.24) is 5.32 Å². The van der Waals surface area contributed by atoms with E-state index in [9.17, 15) is 13.2 Å². The molecule has 1 N–H and O–H groups in total. The fourth-order valence-electron chi connectivity index (χ4n) is 2.67. The van der Waals surface area contributed by atoms with Crippen LogP contribution in [0.1, 0.15) is 24.0 Å². The first-order chi connectivity index (χ1) is 9.47. The van der Waals surface area contributed by atoms with E-state index in [0.29, 0.717) is 5.69 Å². The van der Waals surface area contributed by atoms with Crippen LogP contribution in [0, 0.1) is 11.3 Å². The molecule has 6 heteroatoms. The van der Waals surface area contributed by atoms with E-state index in [0.717, 1.165) is 32.0 Å². The van der Waals surface area contributed by atoms with Gasteiger partial charge in [-0.05, 0) is 38.1 Å². The van der Waals surface area contributed by atoms with Gasteiger partial charge < -0.3 is 10.2 Å². The largest absolute Gasteiger partial charge is 0.417 e. The predicted molar refractivity (Wildman–Crippen MR) is 70.5 cm³/mol. The Morgan fingerprint density at radius 1 is 1.45 bits per heavy atom. The van der Waals surface area contributed by atoms with E-state index in [1.54, 1.807) is 12.1 Å². The Balaban J connectivity index is 2.36. The molecule has 2 rings (SSSR count). The lowest BCUT2D eigenvalue weighted by Crippen LogP contribution is -2.36. The number of anilines is 1. The number of halogens is 3. The summed E-state index contributed by atoms with van der Waals surface area (Å²) in [6.07, 6.45) is -2.57. The van der Waals surface area contributed by atoms with E-state index in [4.69, 9.17) is 5.26 Å². The lowest BCUT2D eigenvalue weighted by atomic mass is 10.1. The average molecular weight is 283 g/mol. The number of nitrogens with zero attached hydrogens (tertiary/aromatic N) is 2. The second kappa shape index (κ2) is 5.71. The van der Waals surface area contributed by atoms with Crippen molar-refractivity contribution in [3.63, 3.8) is 0 Å². The third-order valence-corrected chi connectivity index (χ3v) is 3.58. The molecule has 0 saturated carbocycles. The Kier molecular flexibility index (Phi) is 4.19. The molecule has 0 aliphatic carbocycles. The number of hydrogen-bond donors (Lipinski definition) is 1. The molecule has 3 nitrogen and oxygen atoms in total. The summed E-state index contributed by atoms with van der Waals surface area (Å²) < 4.78 is 38.9. The maximum atomic E-state index is 13.0. The van der Waals surface area contributed by atoms with Crippen molar-refractivity contribution >= 4 is 5.69 Å². The highest BCUT2D eigenvalue weighted by Crippen LogP contribution is 2.35. The van der Waals surface area contributed by atoms with Crippen LogP contribution in [-0.2, 0) is 6.18 Å². The summed E-state index contributed by atoms with van der Waals surface area (Å²) in [5.74, 6) is 0. The van der Waals surface area contributed by atoms with Crippen LogP contribution in [0.4, 0.5) is 18.9 Å². The molecule has 0 bridgehead atoms. The van der Waals surface area contributed by atoms with Crippen molar-refractivity contribution in [2.75, 3.05) is 25.0 Å². The molecule has 0 radical (unpaired) electrons. The van der Waals surface area contributed by atoms with E-state index >= 15 is 0 Å². The number of alkyl halides is 3. The summed E-state index contributed by atoms with van der Waals surface area (Å²) in [4.78, 5) is 1.98. The van der Waals surface area contributed by atoms with Gasteiger partial charge in [0.1, 0.15) is 0 Å². The van der Waals surface area contributed by atoms with Gasteiger partial charge in [-0.1, -0.05) is 0 Å². The van der Waals surface area contributed by atoms with Crippen molar-refractivity contribution in [1.29, 1.82) is 5.26 Å². The first-order valence-electron chi connectivity index (χ1n) is 6.50. The number of benzene rings is 1. The first-order valence-corrected chi connectivity index (χ1v) is 6.50. The normalized spacial score (nSPS) is 19.1. The van der Waals surface area contributed by atoms with E-state index in [1.807, 2.05) is 11.9 Å².